The normalized spacial score (nSPS) is 10.4. The number of nitrogens with zero attached hydrogens (tertiary/aromatic N) is 4. The topological polar surface area (TPSA) is 129 Å². The van der Waals surface area contributed by atoms with Crippen molar-refractivity contribution in [1.82, 2.24) is 14.8 Å². The predicted octanol–water partition coefficient (Wildman–Crippen LogP) is 2.07. The van der Waals surface area contributed by atoms with Crippen LogP contribution in [-0.2, 0) is 6.54 Å². The molecule has 0 saturated heterocycles. The molecule has 3 aromatic rings. The van der Waals surface area contributed by atoms with E-state index in [1.165, 1.54) is 18.3 Å². The number of amides is 1. The fraction of sp³-hybridized carbons (Fsp3) is 0.0625. The molecule has 2 heterocycles. The lowest BCUT2D eigenvalue weighted by molar-refractivity contribution is -0.384. The van der Waals surface area contributed by atoms with E-state index in [2.05, 4.69) is 15.4 Å². The van der Waals surface area contributed by atoms with Crippen LogP contribution in [0.15, 0.2) is 55.0 Å². The maximum absolute atomic E-state index is 12.3. The number of benzene rings is 1. The lowest BCUT2D eigenvalue weighted by Crippen LogP contribution is -2.14. The Morgan fingerprint density at radius 1 is 1.32 bits per heavy atom. The number of nitro groups is 1. The summed E-state index contributed by atoms with van der Waals surface area (Å²) in [7, 11) is 0. The number of hydrogen-bond acceptors (Lipinski definition) is 6. The molecule has 9 nitrogen and oxygen atoms in total. The highest BCUT2D eigenvalue weighted by Crippen LogP contribution is 2.21. The number of nitrogen functional groups attached to an aromatic ring is 1. The quantitative estimate of drug-likeness (QED) is 0.416. The number of anilines is 2. The van der Waals surface area contributed by atoms with Gasteiger partial charge in [0.15, 0.2) is 0 Å². The number of nitrogens with two attached hydrogens (primary N) is 1. The molecular weight excluding hydrogens is 324 g/mol. The molecule has 0 atom stereocenters. The van der Waals surface area contributed by atoms with Crippen LogP contribution in [0, 0.1) is 10.1 Å². The number of carbonyl (C=O) groups is 1. The van der Waals surface area contributed by atoms with E-state index in [-0.39, 0.29) is 16.9 Å². The summed E-state index contributed by atoms with van der Waals surface area (Å²) in [6.07, 6.45) is 4.81. The molecule has 0 unspecified atom stereocenters. The predicted molar refractivity (Wildman–Crippen MR) is 91.0 cm³/mol. The standard InChI is InChI=1S/C16H14N6O3/c17-15-5-4-13(22(24)25)7-14(15)16(23)20-12-8-19-21(10-12)9-11-3-1-2-6-18-11/h1-8,10H,9,17H2,(H,20,23). The molecule has 126 valence electrons. The molecule has 9 heteroatoms. The molecule has 2 aromatic heterocycles. The summed E-state index contributed by atoms with van der Waals surface area (Å²) in [5.41, 5.74) is 7.00. The average Bonchev–Trinajstić information content (AvgIpc) is 3.02. The van der Waals surface area contributed by atoms with E-state index in [0.29, 0.717) is 12.2 Å². The molecular formula is C16H14N6O3. The van der Waals surface area contributed by atoms with Crippen molar-refractivity contribution >= 4 is 23.0 Å². The van der Waals surface area contributed by atoms with Crippen molar-refractivity contribution in [3.05, 3.63) is 76.4 Å². The molecule has 25 heavy (non-hydrogen) atoms. The van der Waals surface area contributed by atoms with E-state index in [9.17, 15) is 14.9 Å². The van der Waals surface area contributed by atoms with Gasteiger partial charge >= 0.3 is 0 Å². The summed E-state index contributed by atoms with van der Waals surface area (Å²) in [5.74, 6) is -0.543. The maximum Gasteiger partial charge on any atom is 0.270 e. The van der Waals surface area contributed by atoms with Gasteiger partial charge in [0.25, 0.3) is 11.6 Å². The third kappa shape index (κ3) is 3.78. The fourth-order valence-corrected chi connectivity index (χ4v) is 2.23. The summed E-state index contributed by atoms with van der Waals surface area (Å²) in [6, 6.07) is 9.28. The van der Waals surface area contributed by atoms with Gasteiger partial charge in [-0.15, -0.1) is 0 Å². The number of nitro benzene ring substituents is 1. The first-order valence-corrected chi connectivity index (χ1v) is 7.30. The Balaban J connectivity index is 1.74. The largest absolute Gasteiger partial charge is 0.398 e. The van der Waals surface area contributed by atoms with Crippen LogP contribution in [0.5, 0.6) is 0 Å². The highest BCUT2D eigenvalue weighted by Gasteiger charge is 2.16. The Hall–Kier alpha value is -3.75. The minimum atomic E-state index is -0.582. The number of aromatic nitrogens is 3. The molecule has 0 aliphatic heterocycles. The minimum Gasteiger partial charge on any atom is -0.398 e. The second-order valence-electron chi connectivity index (χ2n) is 5.23. The SMILES string of the molecule is Nc1ccc([N+](=O)[O-])cc1C(=O)Nc1cnn(Cc2ccccn2)c1. The smallest absolute Gasteiger partial charge is 0.270 e. The van der Waals surface area contributed by atoms with E-state index >= 15 is 0 Å². The van der Waals surface area contributed by atoms with E-state index in [1.54, 1.807) is 17.1 Å². The van der Waals surface area contributed by atoms with Gasteiger partial charge in [-0.1, -0.05) is 6.07 Å². The molecule has 0 aliphatic rings. The van der Waals surface area contributed by atoms with Gasteiger partial charge in [0.1, 0.15) is 0 Å². The number of rotatable bonds is 5. The number of non-ortho nitro benzene ring substituents is 1. The van der Waals surface area contributed by atoms with Gasteiger partial charge in [0.2, 0.25) is 0 Å². The van der Waals surface area contributed by atoms with Crippen LogP contribution < -0.4 is 11.1 Å². The van der Waals surface area contributed by atoms with Crippen LogP contribution in [0.2, 0.25) is 0 Å². The number of nitrogens with one attached hydrogen (secondary N) is 1. The third-order valence-electron chi connectivity index (χ3n) is 3.43. The van der Waals surface area contributed by atoms with Gasteiger partial charge in [-0.2, -0.15) is 5.10 Å². The maximum atomic E-state index is 12.3. The third-order valence-corrected chi connectivity index (χ3v) is 3.43. The van der Waals surface area contributed by atoms with Crippen molar-refractivity contribution in [1.29, 1.82) is 0 Å². The Kier molecular flexibility index (Phi) is 4.38. The second kappa shape index (κ2) is 6.79. The summed E-state index contributed by atoms with van der Waals surface area (Å²) in [6.45, 7) is 0.454. The molecule has 0 bridgehead atoms. The first-order chi connectivity index (χ1) is 12.0. The Morgan fingerprint density at radius 2 is 2.16 bits per heavy atom. The zero-order valence-electron chi connectivity index (χ0n) is 13.0. The number of carbonyl (C=O) groups excluding carboxylic acids is 1. The first-order valence-electron chi connectivity index (χ1n) is 7.30. The van der Waals surface area contributed by atoms with Gasteiger partial charge in [0.05, 0.1) is 34.6 Å². The molecule has 3 rings (SSSR count). The van der Waals surface area contributed by atoms with Crippen molar-refractivity contribution in [2.45, 2.75) is 6.54 Å². The summed E-state index contributed by atoms with van der Waals surface area (Å²) in [4.78, 5) is 26.8. The summed E-state index contributed by atoms with van der Waals surface area (Å²) in [5, 5.41) is 17.6. The first kappa shape index (κ1) is 16.1. The molecule has 0 fully saturated rings. The Labute approximate surface area is 142 Å². The molecule has 1 amide bonds. The highest BCUT2D eigenvalue weighted by molar-refractivity contribution is 6.08. The van der Waals surface area contributed by atoms with E-state index in [1.807, 2.05) is 18.2 Å². The van der Waals surface area contributed by atoms with Crippen molar-refractivity contribution in [2.24, 2.45) is 0 Å². The molecule has 1 aromatic carbocycles. The van der Waals surface area contributed by atoms with Crippen molar-refractivity contribution in [3.8, 4) is 0 Å². The molecule has 0 aliphatic carbocycles. The van der Waals surface area contributed by atoms with Gasteiger partial charge in [-0.05, 0) is 18.2 Å². The van der Waals surface area contributed by atoms with Crippen LogP contribution >= 0.6 is 0 Å². The fourth-order valence-electron chi connectivity index (χ4n) is 2.23. The molecule has 0 spiro atoms. The Bertz CT molecular complexity index is 923. The lowest BCUT2D eigenvalue weighted by Gasteiger charge is -2.05. The van der Waals surface area contributed by atoms with Crippen molar-refractivity contribution < 1.29 is 9.72 Å². The van der Waals surface area contributed by atoms with Crippen LogP contribution in [-0.4, -0.2) is 25.6 Å². The summed E-state index contributed by atoms with van der Waals surface area (Å²) >= 11 is 0. The van der Waals surface area contributed by atoms with E-state index in [4.69, 9.17) is 5.73 Å². The molecule has 0 saturated carbocycles. The van der Waals surface area contributed by atoms with E-state index < -0.39 is 10.8 Å². The number of pyridine rings is 1. The van der Waals surface area contributed by atoms with E-state index in [0.717, 1.165) is 11.8 Å². The van der Waals surface area contributed by atoms with Crippen LogP contribution in [0.3, 0.4) is 0 Å². The molecule has 0 radical (unpaired) electrons. The average molecular weight is 338 g/mol. The highest BCUT2D eigenvalue weighted by atomic mass is 16.6. The van der Waals surface area contributed by atoms with Crippen molar-refractivity contribution in [2.75, 3.05) is 11.1 Å². The zero-order valence-corrected chi connectivity index (χ0v) is 13.0. The second-order valence-corrected chi connectivity index (χ2v) is 5.23. The zero-order chi connectivity index (χ0) is 17.8. The van der Waals surface area contributed by atoms with Crippen LogP contribution in [0.25, 0.3) is 0 Å². The van der Waals surface area contributed by atoms with Crippen LogP contribution in [0.4, 0.5) is 17.1 Å². The van der Waals surface area contributed by atoms with Crippen LogP contribution in [0.1, 0.15) is 16.1 Å². The van der Waals surface area contributed by atoms with Gasteiger partial charge in [-0.25, -0.2) is 0 Å². The minimum absolute atomic E-state index is 0.0340. The molecule has 3 N–H and O–H groups in total. The summed E-state index contributed by atoms with van der Waals surface area (Å²) < 4.78 is 1.62. The monoisotopic (exact) mass is 338 g/mol. The van der Waals surface area contributed by atoms with Gasteiger partial charge in [0, 0.05) is 30.2 Å². The van der Waals surface area contributed by atoms with Gasteiger partial charge < -0.3 is 11.1 Å². The van der Waals surface area contributed by atoms with Crippen molar-refractivity contribution in [3.63, 3.8) is 0 Å². The van der Waals surface area contributed by atoms with Gasteiger partial charge in [-0.3, -0.25) is 24.6 Å². The number of hydrogen-bond donors (Lipinski definition) is 2. The Morgan fingerprint density at radius 3 is 2.88 bits per heavy atom. The lowest BCUT2D eigenvalue weighted by atomic mass is 10.1.